The van der Waals surface area contributed by atoms with Crippen LogP contribution in [0.15, 0.2) is 24.3 Å². The van der Waals surface area contributed by atoms with Crippen LogP contribution in [0.5, 0.6) is 5.75 Å². The number of hydrogen-bond acceptors (Lipinski definition) is 4. The third-order valence-electron chi connectivity index (χ3n) is 2.98. The van der Waals surface area contributed by atoms with Crippen molar-refractivity contribution in [3.63, 3.8) is 0 Å². The van der Waals surface area contributed by atoms with Crippen molar-refractivity contribution in [2.24, 2.45) is 0 Å². The molecule has 1 aliphatic rings. The first-order valence-corrected chi connectivity index (χ1v) is 8.29. The lowest BCUT2D eigenvalue weighted by Crippen LogP contribution is -2.50. The molecule has 0 radical (unpaired) electrons. The first-order valence-electron chi connectivity index (χ1n) is 6.44. The summed E-state index contributed by atoms with van der Waals surface area (Å²) >= 11 is 0. The van der Waals surface area contributed by atoms with Crippen molar-refractivity contribution in [3.05, 3.63) is 24.3 Å². The lowest BCUT2D eigenvalue weighted by molar-refractivity contribution is -0.127. The second-order valence-corrected chi connectivity index (χ2v) is 6.57. The van der Waals surface area contributed by atoms with E-state index in [1.165, 1.54) is 4.31 Å². The van der Waals surface area contributed by atoms with Gasteiger partial charge in [-0.15, -0.1) is 0 Å². The maximum atomic E-state index is 12.0. The summed E-state index contributed by atoms with van der Waals surface area (Å²) in [6.07, 6.45) is 1.10. The molecule has 0 bridgehead atoms. The highest BCUT2D eigenvalue weighted by atomic mass is 32.2. The van der Waals surface area contributed by atoms with Crippen molar-refractivity contribution >= 4 is 21.6 Å². The first-order chi connectivity index (χ1) is 9.43. The van der Waals surface area contributed by atoms with Crippen LogP contribution >= 0.6 is 0 Å². The Morgan fingerprint density at radius 1 is 1.45 bits per heavy atom. The van der Waals surface area contributed by atoms with Gasteiger partial charge in [-0.3, -0.25) is 9.10 Å². The lowest BCUT2D eigenvalue weighted by atomic mass is 10.2. The van der Waals surface area contributed by atoms with E-state index >= 15 is 0 Å². The van der Waals surface area contributed by atoms with Gasteiger partial charge < -0.3 is 10.1 Å². The smallest absolute Gasteiger partial charge is 0.263 e. The summed E-state index contributed by atoms with van der Waals surface area (Å²) in [7, 11) is -3.45. The van der Waals surface area contributed by atoms with E-state index in [-0.39, 0.29) is 12.5 Å². The number of nitrogens with one attached hydrogen (secondary N) is 1. The first kappa shape index (κ1) is 14.6. The van der Waals surface area contributed by atoms with Crippen molar-refractivity contribution in [2.45, 2.75) is 19.4 Å². The predicted molar refractivity (Wildman–Crippen MR) is 76.3 cm³/mol. The molecule has 7 heteroatoms. The van der Waals surface area contributed by atoms with E-state index in [2.05, 4.69) is 5.32 Å². The fraction of sp³-hybridized carbons (Fsp3) is 0.462. The molecule has 1 N–H and O–H groups in total. The summed E-state index contributed by atoms with van der Waals surface area (Å²) in [6.45, 7) is 2.48. The predicted octanol–water partition coefficient (Wildman–Crippen LogP) is 0.740. The topological polar surface area (TPSA) is 75.7 Å². The molecule has 2 rings (SSSR count). The van der Waals surface area contributed by atoms with Gasteiger partial charge in [-0.2, -0.15) is 0 Å². The molecule has 20 heavy (non-hydrogen) atoms. The van der Waals surface area contributed by atoms with Crippen molar-refractivity contribution in [1.29, 1.82) is 0 Å². The van der Waals surface area contributed by atoms with Gasteiger partial charge in [0.2, 0.25) is 10.0 Å². The summed E-state index contributed by atoms with van der Waals surface area (Å²) in [6, 6.07) is 6.80. The maximum absolute atomic E-state index is 12.0. The van der Waals surface area contributed by atoms with Crippen LogP contribution in [-0.2, 0) is 14.8 Å². The van der Waals surface area contributed by atoms with Gasteiger partial charge in [-0.1, -0.05) is 19.1 Å². The van der Waals surface area contributed by atoms with Crippen LogP contribution in [0.4, 0.5) is 5.69 Å². The third-order valence-corrected chi connectivity index (χ3v) is 4.12. The highest BCUT2D eigenvalue weighted by Crippen LogP contribution is 2.34. The Bertz CT molecular complexity index is 600. The highest BCUT2D eigenvalue weighted by molar-refractivity contribution is 7.92. The number of anilines is 1. The number of amides is 1. The highest BCUT2D eigenvalue weighted by Gasteiger charge is 2.34. The van der Waals surface area contributed by atoms with Crippen LogP contribution < -0.4 is 14.4 Å². The minimum absolute atomic E-state index is 0.00854. The zero-order valence-corrected chi connectivity index (χ0v) is 12.3. The number of hydrogen-bond donors (Lipinski definition) is 1. The molecular formula is C13H18N2O4S. The third kappa shape index (κ3) is 3.04. The molecule has 0 spiro atoms. The quantitative estimate of drug-likeness (QED) is 0.889. The van der Waals surface area contributed by atoms with Crippen LogP contribution in [0.2, 0.25) is 0 Å². The van der Waals surface area contributed by atoms with E-state index in [1.54, 1.807) is 24.3 Å². The number of para-hydroxylation sites is 2. The van der Waals surface area contributed by atoms with Gasteiger partial charge in [0.15, 0.2) is 6.10 Å². The van der Waals surface area contributed by atoms with Crippen LogP contribution in [0, 0.1) is 0 Å². The summed E-state index contributed by atoms with van der Waals surface area (Å²) in [4.78, 5) is 12.0. The minimum Gasteiger partial charge on any atom is -0.476 e. The number of rotatable bonds is 4. The number of benzene rings is 1. The summed E-state index contributed by atoms with van der Waals surface area (Å²) in [5.74, 6) is 0.107. The van der Waals surface area contributed by atoms with Gasteiger partial charge >= 0.3 is 0 Å². The Morgan fingerprint density at radius 2 is 2.15 bits per heavy atom. The molecule has 1 aromatic carbocycles. The van der Waals surface area contributed by atoms with E-state index < -0.39 is 16.1 Å². The Morgan fingerprint density at radius 3 is 2.80 bits per heavy atom. The molecule has 1 aromatic rings. The SMILES string of the molecule is CCCNC(=O)[C@@H]1CN(S(C)(=O)=O)c2ccccc2O1. The zero-order chi connectivity index (χ0) is 14.8. The van der Waals surface area contributed by atoms with E-state index in [0.717, 1.165) is 12.7 Å². The average Bonchev–Trinajstić information content (AvgIpc) is 2.42. The molecule has 0 aliphatic carbocycles. The maximum Gasteiger partial charge on any atom is 0.263 e. The van der Waals surface area contributed by atoms with E-state index in [0.29, 0.717) is 18.0 Å². The molecule has 0 unspecified atom stereocenters. The zero-order valence-electron chi connectivity index (χ0n) is 11.5. The van der Waals surface area contributed by atoms with Crippen LogP contribution in [0.25, 0.3) is 0 Å². The second kappa shape index (κ2) is 5.70. The number of carbonyl (C=O) groups is 1. The number of fused-ring (bicyclic) bond motifs is 1. The molecule has 1 aliphatic heterocycles. The van der Waals surface area contributed by atoms with Crippen molar-refractivity contribution in [2.75, 3.05) is 23.7 Å². The fourth-order valence-corrected chi connectivity index (χ4v) is 2.93. The molecule has 1 atom stereocenters. The Balaban J connectivity index is 2.29. The van der Waals surface area contributed by atoms with E-state index in [4.69, 9.17) is 4.74 Å². The Kier molecular flexibility index (Phi) is 4.17. The molecule has 110 valence electrons. The van der Waals surface area contributed by atoms with E-state index in [9.17, 15) is 13.2 Å². The number of carbonyl (C=O) groups excluding carboxylic acids is 1. The minimum atomic E-state index is -3.45. The van der Waals surface area contributed by atoms with Gasteiger partial charge in [0.05, 0.1) is 18.5 Å². The molecule has 0 saturated carbocycles. The van der Waals surface area contributed by atoms with Gasteiger partial charge in [0, 0.05) is 6.54 Å². The molecule has 0 aromatic heterocycles. The Hall–Kier alpha value is -1.76. The van der Waals surface area contributed by atoms with Gasteiger partial charge in [0.25, 0.3) is 5.91 Å². The summed E-state index contributed by atoms with van der Waals surface area (Å²) < 4.78 is 30.5. The van der Waals surface area contributed by atoms with Crippen molar-refractivity contribution in [1.82, 2.24) is 5.32 Å². The monoisotopic (exact) mass is 298 g/mol. The largest absolute Gasteiger partial charge is 0.476 e. The van der Waals surface area contributed by atoms with Gasteiger partial charge in [0.1, 0.15) is 5.75 Å². The van der Waals surface area contributed by atoms with Crippen molar-refractivity contribution < 1.29 is 17.9 Å². The van der Waals surface area contributed by atoms with Crippen LogP contribution in [0.3, 0.4) is 0 Å². The summed E-state index contributed by atoms with van der Waals surface area (Å²) in [5, 5.41) is 2.72. The lowest BCUT2D eigenvalue weighted by Gasteiger charge is -2.33. The van der Waals surface area contributed by atoms with Gasteiger partial charge in [-0.05, 0) is 18.6 Å². The average molecular weight is 298 g/mol. The number of sulfonamides is 1. The molecule has 0 fully saturated rings. The second-order valence-electron chi connectivity index (χ2n) is 4.66. The Labute approximate surface area is 118 Å². The molecule has 0 saturated heterocycles. The number of nitrogens with zero attached hydrogens (tertiary/aromatic N) is 1. The van der Waals surface area contributed by atoms with E-state index in [1.807, 2.05) is 6.92 Å². The fourth-order valence-electron chi connectivity index (χ4n) is 2.01. The summed E-state index contributed by atoms with van der Waals surface area (Å²) in [5.41, 5.74) is 0.467. The van der Waals surface area contributed by atoms with Crippen molar-refractivity contribution in [3.8, 4) is 5.75 Å². The molecule has 1 amide bonds. The molecular weight excluding hydrogens is 280 g/mol. The van der Waals surface area contributed by atoms with Crippen LogP contribution in [-0.4, -0.2) is 39.8 Å². The standard InChI is InChI=1S/C13H18N2O4S/c1-3-8-14-13(16)12-9-15(20(2,17)18)10-6-4-5-7-11(10)19-12/h4-7,12H,3,8-9H2,1-2H3,(H,14,16)/t12-/m0/s1. The van der Waals surface area contributed by atoms with Gasteiger partial charge in [-0.25, -0.2) is 8.42 Å². The van der Waals surface area contributed by atoms with Crippen LogP contribution in [0.1, 0.15) is 13.3 Å². The molecule has 1 heterocycles. The normalized spacial score (nSPS) is 18.1. The molecule has 6 nitrogen and oxygen atoms in total. The number of ether oxygens (including phenoxy) is 1.